The third-order valence-corrected chi connectivity index (χ3v) is 4.85. The van der Waals surface area contributed by atoms with Gasteiger partial charge in [0.1, 0.15) is 0 Å². The highest BCUT2D eigenvalue weighted by Gasteiger charge is 2.07. The van der Waals surface area contributed by atoms with Gasteiger partial charge in [0.15, 0.2) is 0 Å². The second-order valence-electron chi connectivity index (χ2n) is 5.11. The molecule has 6 heteroatoms. The molecule has 1 aromatic heterocycles. The van der Waals surface area contributed by atoms with Gasteiger partial charge in [0.2, 0.25) is 5.91 Å². The molecular formula is C18H14Cl2N2OS. The van der Waals surface area contributed by atoms with Gasteiger partial charge < -0.3 is 5.32 Å². The summed E-state index contributed by atoms with van der Waals surface area (Å²) in [6.07, 6.45) is 0.363. The Kier molecular flexibility index (Phi) is 5.61. The van der Waals surface area contributed by atoms with Gasteiger partial charge in [-0.25, -0.2) is 4.98 Å². The van der Waals surface area contributed by atoms with Crippen LogP contribution in [0.5, 0.6) is 0 Å². The van der Waals surface area contributed by atoms with Crippen LogP contribution in [0.15, 0.2) is 59.6 Å². The van der Waals surface area contributed by atoms with Crippen LogP contribution in [0.1, 0.15) is 6.42 Å². The Morgan fingerprint density at radius 2 is 1.92 bits per heavy atom. The number of nitrogens with one attached hydrogen (secondary N) is 1. The summed E-state index contributed by atoms with van der Waals surface area (Å²) in [6.45, 7) is 0. The number of hydrogen-bond acceptors (Lipinski definition) is 3. The van der Waals surface area contributed by atoms with E-state index in [9.17, 15) is 4.79 Å². The molecule has 1 amide bonds. The van der Waals surface area contributed by atoms with Gasteiger partial charge in [0.05, 0.1) is 21.3 Å². The average Bonchev–Trinajstić information content (AvgIpc) is 2.58. The molecule has 2 aromatic carbocycles. The molecule has 0 saturated heterocycles. The van der Waals surface area contributed by atoms with E-state index in [1.54, 1.807) is 30.0 Å². The minimum absolute atomic E-state index is 0.104. The van der Waals surface area contributed by atoms with E-state index in [1.165, 1.54) is 0 Å². The summed E-state index contributed by atoms with van der Waals surface area (Å²) in [7, 11) is 0. The molecule has 1 N–H and O–H groups in total. The van der Waals surface area contributed by atoms with Crippen LogP contribution in [-0.4, -0.2) is 16.6 Å². The number of rotatable bonds is 5. The van der Waals surface area contributed by atoms with Crippen LogP contribution in [0.3, 0.4) is 0 Å². The van der Waals surface area contributed by atoms with Crippen molar-refractivity contribution >= 4 is 57.5 Å². The Bertz CT molecular complexity index is 886. The summed E-state index contributed by atoms with van der Waals surface area (Å²) >= 11 is 13.5. The topological polar surface area (TPSA) is 42.0 Å². The minimum Gasteiger partial charge on any atom is -0.325 e. The molecule has 0 saturated carbocycles. The second-order valence-corrected chi connectivity index (χ2v) is 7.07. The summed E-state index contributed by atoms with van der Waals surface area (Å²) in [5.41, 5.74) is 1.49. The molecule has 0 aliphatic carbocycles. The van der Waals surface area contributed by atoms with Crippen LogP contribution in [0.25, 0.3) is 10.9 Å². The van der Waals surface area contributed by atoms with Crippen molar-refractivity contribution in [3.05, 3.63) is 64.6 Å². The molecule has 0 spiro atoms. The van der Waals surface area contributed by atoms with Crippen molar-refractivity contribution in [2.75, 3.05) is 11.1 Å². The molecular weight excluding hydrogens is 363 g/mol. The lowest BCUT2D eigenvalue weighted by molar-refractivity contribution is -0.115. The number of pyridine rings is 1. The fourth-order valence-corrected chi connectivity index (χ4v) is 3.34. The van der Waals surface area contributed by atoms with Crippen LogP contribution >= 0.6 is 35.0 Å². The summed E-state index contributed by atoms with van der Waals surface area (Å²) in [5, 5.41) is 5.79. The van der Waals surface area contributed by atoms with Crippen LogP contribution < -0.4 is 5.32 Å². The molecule has 0 unspecified atom stereocenters. The zero-order valence-corrected chi connectivity index (χ0v) is 15.0. The predicted molar refractivity (Wildman–Crippen MR) is 102 cm³/mol. The summed E-state index contributed by atoms with van der Waals surface area (Å²) in [4.78, 5) is 16.6. The van der Waals surface area contributed by atoms with Crippen molar-refractivity contribution in [1.29, 1.82) is 0 Å². The number of para-hydroxylation sites is 1. The largest absolute Gasteiger partial charge is 0.325 e. The van der Waals surface area contributed by atoms with Crippen molar-refractivity contribution in [2.45, 2.75) is 11.4 Å². The lowest BCUT2D eigenvalue weighted by atomic mass is 10.2. The van der Waals surface area contributed by atoms with E-state index in [0.717, 1.165) is 15.9 Å². The third-order valence-electron chi connectivity index (χ3n) is 3.35. The molecule has 1 heterocycles. The maximum atomic E-state index is 12.0. The van der Waals surface area contributed by atoms with Gasteiger partial charge in [-0.15, -0.1) is 11.8 Å². The number of carbonyl (C=O) groups excluding carboxylic acids is 1. The molecule has 3 aromatic rings. The quantitative estimate of drug-likeness (QED) is 0.583. The lowest BCUT2D eigenvalue weighted by Crippen LogP contribution is -2.12. The number of nitrogens with zero attached hydrogens (tertiary/aromatic N) is 1. The van der Waals surface area contributed by atoms with Gasteiger partial charge in [-0.2, -0.15) is 0 Å². The molecule has 0 fully saturated rings. The van der Waals surface area contributed by atoms with E-state index in [1.807, 2.05) is 36.4 Å². The molecule has 122 valence electrons. The van der Waals surface area contributed by atoms with Crippen molar-refractivity contribution in [2.24, 2.45) is 0 Å². The minimum atomic E-state index is -0.104. The van der Waals surface area contributed by atoms with Gasteiger partial charge >= 0.3 is 0 Å². The standard InChI is InChI=1S/C18H14Cl2N2OS/c19-13-6-7-14(20)16(11-13)21-17(23)9-10-24-18-8-5-12-3-1-2-4-15(12)22-18/h1-8,11H,9-10H2,(H,21,23). The van der Waals surface area contributed by atoms with Crippen molar-refractivity contribution in [3.8, 4) is 0 Å². The van der Waals surface area contributed by atoms with E-state index in [2.05, 4.69) is 10.3 Å². The van der Waals surface area contributed by atoms with E-state index < -0.39 is 0 Å². The number of amides is 1. The molecule has 0 aliphatic rings. The highest BCUT2D eigenvalue weighted by Crippen LogP contribution is 2.26. The number of fused-ring (bicyclic) bond motifs is 1. The number of carbonyl (C=O) groups is 1. The number of thioether (sulfide) groups is 1. The molecule has 0 bridgehead atoms. The number of halogens is 2. The monoisotopic (exact) mass is 376 g/mol. The molecule has 0 aliphatic heterocycles. The normalized spacial score (nSPS) is 10.8. The van der Waals surface area contributed by atoms with Gasteiger partial charge in [0, 0.05) is 22.6 Å². The first-order valence-corrected chi connectivity index (χ1v) is 9.09. The third kappa shape index (κ3) is 4.41. The number of aromatic nitrogens is 1. The Balaban J connectivity index is 1.55. The summed E-state index contributed by atoms with van der Waals surface area (Å²) in [5.74, 6) is 0.530. The predicted octanol–water partition coefficient (Wildman–Crippen LogP) is 5.66. The molecule has 0 radical (unpaired) electrons. The Morgan fingerprint density at radius 1 is 1.08 bits per heavy atom. The van der Waals surface area contributed by atoms with Crippen LogP contribution in [0, 0.1) is 0 Å². The van der Waals surface area contributed by atoms with Crippen molar-refractivity contribution in [1.82, 2.24) is 4.98 Å². The van der Waals surface area contributed by atoms with Gasteiger partial charge in [-0.3, -0.25) is 4.79 Å². The Labute approximate surface area is 154 Å². The zero-order valence-electron chi connectivity index (χ0n) is 12.6. The van der Waals surface area contributed by atoms with Crippen LogP contribution in [-0.2, 0) is 4.79 Å². The Morgan fingerprint density at radius 3 is 2.79 bits per heavy atom. The van der Waals surface area contributed by atoms with E-state index in [-0.39, 0.29) is 5.91 Å². The fourth-order valence-electron chi connectivity index (χ4n) is 2.18. The zero-order chi connectivity index (χ0) is 16.9. The maximum Gasteiger partial charge on any atom is 0.225 e. The van der Waals surface area contributed by atoms with Crippen LogP contribution in [0.2, 0.25) is 10.0 Å². The second kappa shape index (κ2) is 7.88. The first kappa shape index (κ1) is 17.1. The van der Waals surface area contributed by atoms with E-state index in [0.29, 0.717) is 27.9 Å². The molecule has 0 atom stereocenters. The fraction of sp³-hybridized carbons (Fsp3) is 0.111. The van der Waals surface area contributed by atoms with Crippen molar-refractivity contribution in [3.63, 3.8) is 0 Å². The maximum absolute atomic E-state index is 12.0. The van der Waals surface area contributed by atoms with Gasteiger partial charge in [-0.05, 0) is 30.3 Å². The van der Waals surface area contributed by atoms with E-state index in [4.69, 9.17) is 23.2 Å². The average molecular weight is 377 g/mol. The lowest BCUT2D eigenvalue weighted by Gasteiger charge is -2.07. The molecule has 3 nitrogen and oxygen atoms in total. The Hall–Kier alpha value is -1.75. The van der Waals surface area contributed by atoms with Gasteiger partial charge in [-0.1, -0.05) is 47.5 Å². The summed E-state index contributed by atoms with van der Waals surface area (Å²) < 4.78 is 0. The van der Waals surface area contributed by atoms with Crippen LogP contribution in [0.4, 0.5) is 5.69 Å². The molecule has 24 heavy (non-hydrogen) atoms. The number of hydrogen-bond donors (Lipinski definition) is 1. The van der Waals surface area contributed by atoms with Gasteiger partial charge in [0.25, 0.3) is 0 Å². The smallest absolute Gasteiger partial charge is 0.225 e. The highest BCUT2D eigenvalue weighted by molar-refractivity contribution is 7.99. The first-order valence-electron chi connectivity index (χ1n) is 7.35. The molecule has 3 rings (SSSR count). The van der Waals surface area contributed by atoms with E-state index >= 15 is 0 Å². The van der Waals surface area contributed by atoms with Crippen molar-refractivity contribution < 1.29 is 4.79 Å². The number of anilines is 1. The summed E-state index contributed by atoms with van der Waals surface area (Å²) in [6, 6.07) is 16.9. The number of benzene rings is 2. The first-order chi connectivity index (χ1) is 11.6. The SMILES string of the molecule is O=C(CCSc1ccc2ccccc2n1)Nc1cc(Cl)ccc1Cl. The highest BCUT2D eigenvalue weighted by atomic mass is 35.5.